The number of hydrogen-bond acceptors (Lipinski definition) is 8. The van der Waals surface area contributed by atoms with E-state index in [1.165, 1.54) is 4.90 Å². The molecule has 2 heterocycles. The molecule has 4 rings (SSSR count). The maximum Gasteiger partial charge on any atom is 0.410 e. The van der Waals surface area contributed by atoms with E-state index in [1.54, 1.807) is 25.5 Å². The van der Waals surface area contributed by atoms with Crippen LogP contribution in [0.1, 0.15) is 36.7 Å². The number of fused-ring (bicyclic) bond motifs is 2. The molecule has 0 unspecified atom stereocenters. The molecule has 1 aliphatic carbocycles. The summed E-state index contributed by atoms with van der Waals surface area (Å²) in [5.41, 5.74) is 3.55. The van der Waals surface area contributed by atoms with Crippen molar-refractivity contribution in [2.24, 2.45) is 0 Å². The number of rotatable bonds is 9. The van der Waals surface area contributed by atoms with E-state index in [0.717, 1.165) is 16.6 Å². The molecule has 2 aromatic heterocycles. The third kappa shape index (κ3) is 5.13. The van der Waals surface area contributed by atoms with Crippen molar-refractivity contribution in [3.8, 4) is 11.3 Å². The second-order valence-electron chi connectivity index (χ2n) is 9.51. The van der Waals surface area contributed by atoms with Gasteiger partial charge in [0, 0.05) is 67.8 Å². The van der Waals surface area contributed by atoms with Gasteiger partial charge < -0.3 is 25.4 Å². The number of nitrogens with one attached hydrogen (secondary N) is 2. The monoisotopic (exact) mass is 480 g/mol. The van der Waals surface area contributed by atoms with Gasteiger partial charge in [0.05, 0.1) is 24.2 Å². The quantitative estimate of drug-likeness (QED) is 0.313. The lowest BCUT2D eigenvalue weighted by atomic mass is 9.87. The zero-order chi connectivity index (χ0) is 25.2. The molecular weight excluding hydrogens is 448 g/mol. The van der Waals surface area contributed by atoms with Crippen LogP contribution in [-0.4, -0.2) is 82.1 Å². The minimum absolute atomic E-state index is 0.0725. The molecule has 1 aliphatic rings. The van der Waals surface area contributed by atoms with Crippen LogP contribution in [0.25, 0.3) is 22.2 Å². The van der Waals surface area contributed by atoms with Crippen molar-refractivity contribution < 1.29 is 19.4 Å². The molecule has 3 N–H and O–H groups in total. The largest absolute Gasteiger partial charge is 0.444 e. The zero-order valence-electron chi connectivity index (χ0n) is 20.6. The Bertz CT molecular complexity index is 1250. The maximum absolute atomic E-state index is 13.5. The summed E-state index contributed by atoms with van der Waals surface area (Å²) in [4.78, 5) is 31.6. The van der Waals surface area contributed by atoms with Crippen LogP contribution in [0.4, 0.5) is 10.5 Å². The van der Waals surface area contributed by atoms with E-state index in [9.17, 15) is 9.59 Å². The van der Waals surface area contributed by atoms with E-state index in [1.807, 2.05) is 37.6 Å². The lowest BCUT2D eigenvalue weighted by molar-refractivity contribution is 0.0292. The number of aliphatic hydroxyl groups is 1. The first-order valence-corrected chi connectivity index (χ1v) is 11.7. The Morgan fingerprint density at radius 1 is 1.17 bits per heavy atom. The van der Waals surface area contributed by atoms with Crippen molar-refractivity contribution in [1.29, 1.82) is 0 Å². The van der Waals surface area contributed by atoms with Gasteiger partial charge in [0.2, 0.25) is 0 Å². The number of likely N-dealkylation sites (N-methyl/N-ethyl adjacent to an activating group) is 1. The molecular formula is C25H32N6O4. The summed E-state index contributed by atoms with van der Waals surface area (Å²) < 4.78 is 7.28. The number of benzene rings is 1. The summed E-state index contributed by atoms with van der Waals surface area (Å²) >= 11 is 0. The second kappa shape index (κ2) is 10.0. The van der Waals surface area contributed by atoms with E-state index < -0.39 is 11.7 Å². The smallest absolute Gasteiger partial charge is 0.410 e. The maximum atomic E-state index is 13.5. The van der Waals surface area contributed by atoms with Crippen molar-refractivity contribution in [3.63, 3.8) is 0 Å². The molecule has 186 valence electrons. The highest BCUT2D eigenvalue weighted by molar-refractivity contribution is 6.27. The third-order valence-corrected chi connectivity index (χ3v) is 5.73. The lowest BCUT2D eigenvalue weighted by Crippen LogP contribution is -2.36. The summed E-state index contributed by atoms with van der Waals surface area (Å²) in [6.45, 7) is 8.17. The van der Waals surface area contributed by atoms with Crippen molar-refractivity contribution >= 4 is 28.5 Å². The van der Waals surface area contributed by atoms with Crippen molar-refractivity contribution in [2.75, 3.05) is 45.2 Å². The minimum Gasteiger partial charge on any atom is -0.444 e. The fraction of sp³-hybridized carbons (Fsp3) is 0.440. The Balaban J connectivity index is 1.66. The highest BCUT2D eigenvalue weighted by Crippen LogP contribution is 2.41. The molecule has 35 heavy (non-hydrogen) atoms. The summed E-state index contributed by atoms with van der Waals surface area (Å²) in [5.74, 6) is -0.0725. The van der Waals surface area contributed by atoms with Gasteiger partial charge in [-0.3, -0.25) is 14.5 Å². The molecule has 0 aliphatic heterocycles. The lowest BCUT2D eigenvalue weighted by Gasteiger charge is -2.24. The number of ether oxygens (including phenoxy) is 1. The molecule has 10 nitrogen and oxygen atoms in total. The molecule has 0 atom stereocenters. The Hall–Kier alpha value is -3.50. The molecule has 0 saturated carbocycles. The number of ketones is 1. The Morgan fingerprint density at radius 3 is 2.71 bits per heavy atom. The Labute approximate surface area is 204 Å². The number of anilines is 1. The zero-order valence-corrected chi connectivity index (χ0v) is 20.6. The number of pyridine rings is 1. The fourth-order valence-corrected chi connectivity index (χ4v) is 4.09. The van der Waals surface area contributed by atoms with E-state index >= 15 is 0 Å². The van der Waals surface area contributed by atoms with Crippen LogP contribution < -0.4 is 10.6 Å². The number of carbonyl (C=O) groups is 2. The normalized spacial score (nSPS) is 12.5. The molecule has 1 amide bonds. The van der Waals surface area contributed by atoms with Gasteiger partial charge in [-0.1, -0.05) is 0 Å². The van der Waals surface area contributed by atoms with Crippen LogP contribution in [0, 0.1) is 0 Å². The third-order valence-electron chi connectivity index (χ3n) is 5.73. The van der Waals surface area contributed by atoms with Crippen LogP contribution in [0.15, 0.2) is 30.6 Å². The van der Waals surface area contributed by atoms with Crippen LogP contribution >= 0.6 is 0 Å². The molecule has 0 saturated heterocycles. The molecule has 0 spiro atoms. The number of amides is 1. The van der Waals surface area contributed by atoms with Gasteiger partial charge in [0.1, 0.15) is 11.3 Å². The number of hydrogen-bond donors (Lipinski definition) is 3. The van der Waals surface area contributed by atoms with Crippen LogP contribution in [0.5, 0.6) is 0 Å². The van der Waals surface area contributed by atoms with Gasteiger partial charge in [-0.05, 0) is 39.0 Å². The molecule has 0 fully saturated rings. The standard InChI is InChI=1S/C25H32N6O4/c1-25(2,3)35-24(34)30(4)12-13-31-19-6-5-18(28-10-9-26-11-14-32)20-21(19)22(29-31)17-15-27-8-7-16(17)23(20)33/h5-8,15,26,28,32H,9-14H2,1-4H3. The Morgan fingerprint density at radius 2 is 1.97 bits per heavy atom. The van der Waals surface area contributed by atoms with Crippen LogP contribution in [0.3, 0.4) is 0 Å². The van der Waals surface area contributed by atoms with E-state index in [2.05, 4.69) is 15.6 Å². The predicted molar refractivity (Wildman–Crippen MR) is 134 cm³/mol. The Kier molecular flexibility index (Phi) is 7.04. The first kappa shape index (κ1) is 24.6. The minimum atomic E-state index is -0.571. The van der Waals surface area contributed by atoms with Crippen LogP contribution in [0.2, 0.25) is 0 Å². The van der Waals surface area contributed by atoms with Gasteiger partial charge in [0.25, 0.3) is 0 Å². The first-order chi connectivity index (χ1) is 16.7. The first-order valence-electron chi connectivity index (χ1n) is 11.7. The molecule has 0 bridgehead atoms. The highest BCUT2D eigenvalue weighted by Gasteiger charge is 2.31. The molecule has 3 aromatic rings. The molecule has 1 aromatic carbocycles. The number of nitrogens with zero attached hydrogens (tertiary/aromatic N) is 4. The summed E-state index contributed by atoms with van der Waals surface area (Å²) in [6, 6.07) is 5.57. The van der Waals surface area contributed by atoms with Gasteiger partial charge in [-0.15, -0.1) is 0 Å². The van der Waals surface area contributed by atoms with E-state index in [0.29, 0.717) is 55.1 Å². The van der Waals surface area contributed by atoms with E-state index in [4.69, 9.17) is 14.9 Å². The van der Waals surface area contributed by atoms with Crippen molar-refractivity contribution in [3.05, 3.63) is 41.7 Å². The van der Waals surface area contributed by atoms with Gasteiger partial charge in [-0.2, -0.15) is 5.10 Å². The average Bonchev–Trinajstić information content (AvgIpc) is 3.19. The predicted octanol–water partition coefficient (Wildman–Crippen LogP) is 2.50. The number of aromatic nitrogens is 3. The molecule has 10 heteroatoms. The SMILES string of the molecule is CN(CCn1nc2c3c(c(NCCNCCO)ccc31)C(=O)c1ccncc1-2)C(=O)OC(C)(C)C. The highest BCUT2D eigenvalue weighted by atomic mass is 16.6. The van der Waals surface area contributed by atoms with Gasteiger partial charge in [0.15, 0.2) is 5.78 Å². The second-order valence-corrected chi connectivity index (χ2v) is 9.51. The topological polar surface area (TPSA) is 122 Å². The summed E-state index contributed by atoms with van der Waals surface area (Å²) in [6.07, 6.45) is 2.89. The van der Waals surface area contributed by atoms with E-state index in [-0.39, 0.29) is 12.4 Å². The number of carbonyl (C=O) groups excluding carboxylic acids is 2. The number of aliphatic hydroxyl groups excluding tert-OH is 1. The average molecular weight is 481 g/mol. The summed E-state index contributed by atoms with van der Waals surface area (Å²) in [5, 5.41) is 21.0. The van der Waals surface area contributed by atoms with Gasteiger partial charge in [-0.25, -0.2) is 4.79 Å². The van der Waals surface area contributed by atoms with Gasteiger partial charge >= 0.3 is 6.09 Å². The van der Waals surface area contributed by atoms with Crippen molar-refractivity contribution in [2.45, 2.75) is 32.9 Å². The fourth-order valence-electron chi connectivity index (χ4n) is 4.09. The summed E-state index contributed by atoms with van der Waals surface area (Å²) in [7, 11) is 1.69. The van der Waals surface area contributed by atoms with Crippen LogP contribution in [-0.2, 0) is 11.3 Å². The van der Waals surface area contributed by atoms with Crippen molar-refractivity contribution in [1.82, 2.24) is 25.0 Å². The molecule has 0 radical (unpaired) electrons.